The third kappa shape index (κ3) is 3.67. The first-order chi connectivity index (χ1) is 14.2. The molecule has 0 fully saturated rings. The van der Waals surface area contributed by atoms with Crippen LogP contribution in [0.25, 0.3) is 10.8 Å². The molecule has 29 heavy (non-hydrogen) atoms. The molecular formula is C24H21N3O2. The van der Waals surface area contributed by atoms with E-state index in [1.807, 2.05) is 73.7 Å². The van der Waals surface area contributed by atoms with Crippen molar-refractivity contribution in [2.75, 3.05) is 11.4 Å². The third-order valence-electron chi connectivity index (χ3n) is 4.87. The molecule has 0 N–H and O–H groups in total. The van der Waals surface area contributed by atoms with Gasteiger partial charge in [0.05, 0.1) is 11.9 Å². The maximum absolute atomic E-state index is 13.5. The highest BCUT2D eigenvalue weighted by Gasteiger charge is 2.22. The summed E-state index contributed by atoms with van der Waals surface area (Å²) in [4.78, 5) is 28.1. The van der Waals surface area contributed by atoms with Crippen LogP contribution < -0.4 is 10.5 Å². The minimum absolute atomic E-state index is 0.205. The van der Waals surface area contributed by atoms with E-state index in [-0.39, 0.29) is 17.2 Å². The Morgan fingerprint density at radius 2 is 1.45 bits per heavy atom. The molecule has 1 aromatic heterocycles. The summed E-state index contributed by atoms with van der Waals surface area (Å²) in [6, 6.07) is 26.3. The number of hydrogen-bond acceptors (Lipinski definition) is 3. The van der Waals surface area contributed by atoms with Gasteiger partial charge in [-0.25, -0.2) is 4.68 Å². The molecule has 0 aliphatic carbocycles. The van der Waals surface area contributed by atoms with Crippen molar-refractivity contribution in [2.45, 2.75) is 13.5 Å². The molecule has 0 saturated carbocycles. The molecule has 0 spiro atoms. The van der Waals surface area contributed by atoms with Crippen LogP contribution in [0, 0.1) is 0 Å². The molecule has 1 amide bonds. The standard InChI is InChI=1S/C24H21N3O2/c1-2-26(19-13-7-4-8-14-19)24(29)22-20-15-9-10-16-21(20)23(28)27(25-22)17-18-11-5-3-6-12-18/h3-16H,2,17H2,1H3. The van der Waals surface area contributed by atoms with Crippen LogP contribution in [0.15, 0.2) is 89.7 Å². The van der Waals surface area contributed by atoms with Crippen molar-refractivity contribution in [1.29, 1.82) is 0 Å². The molecule has 0 bridgehead atoms. The smallest absolute Gasteiger partial charge is 0.279 e. The van der Waals surface area contributed by atoms with Gasteiger partial charge in [-0.05, 0) is 30.7 Å². The number of para-hydroxylation sites is 1. The van der Waals surface area contributed by atoms with Crippen LogP contribution in [0.2, 0.25) is 0 Å². The molecule has 0 aliphatic rings. The fourth-order valence-corrected chi connectivity index (χ4v) is 3.44. The summed E-state index contributed by atoms with van der Waals surface area (Å²) < 4.78 is 1.38. The molecule has 0 saturated heterocycles. The minimum atomic E-state index is -0.225. The number of hydrogen-bond donors (Lipinski definition) is 0. The zero-order valence-corrected chi connectivity index (χ0v) is 16.2. The fraction of sp³-hybridized carbons (Fsp3) is 0.125. The average molecular weight is 383 g/mol. The maximum Gasteiger partial charge on any atom is 0.279 e. The predicted octanol–water partition coefficient (Wildman–Crippen LogP) is 4.11. The molecule has 0 radical (unpaired) electrons. The summed E-state index contributed by atoms with van der Waals surface area (Å²) in [6.07, 6.45) is 0. The van der Waals surface area contributed by atoms with Crippen LogP contribution in [0.5, 0.6) is 0 Å². The number of rotatable bonds is 5. The zero-order chi connectivity index (χ0) is 20.2. The van der Waals surface area contributed by atoms with Crippen molar-refractivity contribution in [3.05, 3.63) is 107 Å². The largest absolute Gasteiger partial charge is 0.307 e. The number of anilines is 1. The molecule has 4 aromatic rings. The van der Waals surface area contributed by atoms with Crippen LogP contribution in [0.3, 0.4) is 0 Å². The summed E-state index contributed by atoms with van der Waals surface area (Å²) in [5.41, 5.74) is 1.82. The number of fused-ring (bicyclic) bond motifs is 1. The normalized spacial score (nSPS) is 10.8. The number of carbonyl (C=O) groups is 1. The van der Waals surface area contributed by atoms with Crippen molar-refractivity contribution in [3.8, 4) is 0 Å². The van der Waals surface area contributed by atoms with E-state index in [0.717, 1.165) is 11.3 Å². The molecule has 0 aliphatic heterocycles. The summed E-state index contributed by atoms with van der Waals surface area (Å²) in [6.45, 7) is 2.73. The predicted molar refractivity (Wildman–Crippen MR) is 115 cm³/mol. The summed E-state index contributed by atoms with van der Waals surface area (Å²) in [5.74, 6) is -0.225. The van der Waals surface area contributed by atoms with Gasteiger partial charge in [-0.15, -0.1) is 0 Å². The second kappa shape index (κ2) is 8.10. The Labute approximate surface area is 168 Å². The van der Waals surface area contributed by atoms with Crippen LogP contribution in [0.1, 0.15) is 23.0 Å². The summed E-state index contributed by atoms with van der Waals surface area (Å²) >= 11 is 0. The van der Waals surface area contributed by atoms with E-state index < -0.39 is 0 Å². The lowest BCUT2D eigenvalue weighted by Crippen LogP contribution is -2.34. The number of amides is 1. The summed E-state index contributed by atoms with van der Waals surface area (Å²) in [7, 11) is 0. The van der Waals surface area contributed by atoms with E-state index >= 15 is 0 Å². The van der Waals surface area contributed by atoms with Crippen molar-refractivity contribution >= 4 is 22.4 Å². The summed E-state index contributed by atoms with van der Waals surface area (Å²) in [5, 5.41) is 5.57. The van der Waals surface area contributed by atoms with Crippen LogP contribution in [-0.4, -0.2) is 22.2 Å². The third-order valence-corrected chi connectivity index (χ3v) is 4.87. The lowest BCUT2D eigenvalue weighted by molar-refractivity contribution is 0.0983. The van der Waals surface area contributed by atoms with E-state index in [9.17, 15) is 9.59 Å². The van der Waals surface area contributed by atoms with Gasteiger partial charge in [-0.3, -0.25) is 9.59 Å². The topological polar surface area (TPSA) is 55.2 Å². The van der Waals surface area contributed by atoms with Crippen LogP contribution in [0.4, 0.5) is 5.69 Å². The highest BCUT2D eigenvalue weighted by atomic mass is 16.2. The second-order valence-corrected chi connectivity index (χ2v) is 6.73. The molecule has 5 nitrogen and oxygen atoms in total. The SMILES string of the molecule is CCN(C(=O)c1nn(Cc2ccccc2)c(=O)c2ccccc12)c1ccccc1. The van der Waals surface area contributed by atoms with Gasteiger partial charge in [0.15, 0.2) is 5.69 Å². The lowest BCUT2D eigenvalue weighted by atomic mass is 10.1. The van der Waals surface area contributed by atoms with Gasteiger partial charge in [0, 0.05) is 17.6 Å². The fourth-order valence-electron chi connectivity index (χ4n) is 3.44. The maximum atomic E-state index is 13.5. The average Bonchev–Trinajstić information content (AvgIpc) is 2.77. The van der Waals surface area contributed by atoms with Gasteiger partial charge in [0.25, 0.3) is 11.5 Å². The van der Waals surface area contributed by atoms with Crippen molar-refractivity contribution in [2.24, 2.45) is 0 Å². The lowest BCUT2D eigenvalue weighted by Gasteiger charge is -2.21. The van der Waals surface area contributed by atoms with E-state index in [1.165, 1.54) is 4.68 Å². The molecule has 4 rings (SSSR count). The first-order valence-electron chi connectivity index (χ1n) is 9.59. The highest BCUT2D eigenvalue weighted by Crippen LogP contribution is 2.20. The highest BCUT2D eigenvalue weighted by molar-refractivity contribution is 6.12. The van der Waals surface area contributed by atoms with Gasteiger partial charge in [-0.2, -0.15) is 5.10 Å². The van der Waals surface area contributed by atoms with Gasteiger partial charge in [-0.1, -0.05) is 66.7 Å². The van der Waals surface area contributed by atoms with Crippen molar-refractivity contribution < 1.29 is 4.79 Å². The molecule has 0 atom stereocenters. The van der Waals surface area contributed by atoms with Gasteiger partial charge in [0.1, 0.15) is 0 Å². The Morgan fingerprint density at radius 1 is 0.862 bits per heavy atom. The van der Waals surface area contributed by atoms with Gasteiger partial charge in [0.2, 0.25) is 0 Å². The number of carbonyl (C=O) groups excluding carboxylic acids is 1. The van der Waals surface area contributed by atoms with E-state index in [1.54, 1.807) is 23.1 Å². The Kier molecular flexibility index (Phi) is 5.20. The minimum Gasteiger partial charge on any atom is -0.307 e. The van der Waals surface area contributed by atoms with Crippen LogP contribution in [-0.2, 0) is 6.54 Å². The monoisotopic (exact) mass is 383 g/mol. The Hall–Kier alpha value is -3.73. The first-order valence-corrected chi connectivity index (χ1v) is 9.59. The second-order valence-electron chi connectivity index (χ2n) is 6.73. The molecule has 0 unspecified atom stereocenters. The number of nitrogens with zero attached hydrogens (tertiary/aromatic N) is 3. The van der Waals surface area contributed by atoms with Crippen molar-refractivity contribution in [3.63, 3.8) is 0 Å². The molecule has 5 heteroatoms. The van der Waals surface area contributed by atoms with E-state index in [4.69, 9.17) is 0 Å². The van der Waals surface area contributed by atoms with E-state index in [2.05, 4.69) is 5.10 Å². The molecule has 3 aromatic carbocycles. The van der Waals surface area contributed by atoms with Crippen molar-refractivity contribution in [1.82, 2.24) is 9.78 Å². The molecule has 144 valence electrons. The Bertz CT molecular complexity index is 1200. The molecular weight excluding hydrogens is 362 g/mol. The zero-order valence-electron chi connectivity index (χ0n) is 16.2. The van der Waals surface area contributed by atoms with Gasteiger partial charge >= 0.3 is 0 Å². The Balaban J connectivity index is 1.86. The number of benzene rings is 3. The first kappa shape index (κ1) is 18.6. The number of aromatic nitrogens is 2. The van der Waals surface area contributed by atoms with E-state index in [0.29, 0.717) is 23.9 Å². The van der Waals surface area contributed by atoms with Gasteiger partial charge < -0.3 is 4.90 Å². The van der Waals surface area contributed by atoms with Crippen LogP contribution >= 0.6 is 0 Å². The molecule has 1 heterocycles. The quantitative estimate of drug-likeness (QED) is 0.521. The Morgan fingerprint density at radius 3 is 2.10 bits per heavy atom.